The first-order valence-electron chi connectivity index (χ1n) is 5.83. The fourth-order valence-electron chi connectivity index (χ4n) is 1.83. The number of fused-ring (bicyclic) bond motifs is 1. The lowest BCUT2D eigenvalue weighted by Crippen LogP contribution is -2.01. The number of anilines is 2. The number of hydrogen-bond donors (Lipinski definition) is 1. The van der Waals surface area contributed by atoms with Crippen LogP contribution in [0, 0.1) is 0 Å². The topological polar surface area (TPSA) is 64.9 Å². The third kappa shape index (κ3) is 2.08. The molecule has 3 rings (SSSR count). The summed E-state index contributed by atoms with van der Waals surface area (Å²) in [6.07, 6.45) is 1.69. The number of nitrogens with zero attached hydrogens (tertiary/aromatic N) is 4. The average molecular weight is 255 g/mol. The molecule has 0 bridgehead atoms. The van der Waals surface area contributed by atoms with E-state index in [4.69, 9.17) is 4.74 Å². The van der Waals surface area contributed by atoms with Crippen LogP contribution in [0.1, 0.15) is 0 Å². The van der Waals surface area contributed by atoms with Crippen LogP contribution in [0.5, 0.6) is 5.88 Å². The van der Waals surface area contributed by atoms with Crippen molar-refractivity contribution in [1.29, 1.82) is 0 Å². The van der Waals surface area contributed by atoms with Crippen LogP contribution in [0.3, 0.4) is 0 Å². The number of nitrogens with one attached hydrogen (secondary N) is 1. The zero-order valence-corrected chi connectivity index (χ0v) is 10.7. The fourth-order valence-corrected chi connectivity index (χ4v) is 1.83. The molecule has 0 saturated heterocycles. The molecule has 0 saturated carbocycles. The van der Waals surface area contributed by atoms with Gasteiger partial charge >= 0.3 is 0 Å². The number of benzene rings is 1. The van der Waals surface area contributed by atoms with Crippen molar-refractivity contribution < 1.29 is 4.74 Å². The molecule has 96 valence electrons. The van der Waals surface area contributed by atoms with Gasteiger partial charge in [-0.05, 0) is 12.1 Å². The van der Waals surface area contributed by atoms with E-state index in [0.717, 1.165) is 11.3 Å². The quantitative estimate of drug-likeness (QED) is 0.776. The van der Waals surface area contributed by atoms with Gasteiger partial charge in [-0.3, -0.25) is 0 Å². The highest BCUT2D eigenvalue weighted by Crippen LogP contribution is 2.23. The SMILES string of the molecule is COc1nc(Nc2ccccc2)nc2c1ncn2C. The molecule has 2 aromatic heterocycles. The number of rotatable bonds is 3. The molecule has 1 aromatic carbocycles. The van der Waals surface area contributed by atoms with Gasteiger partial charge in [-0.1, -0.05) is 18.2 Å². The lowest BCUT2D eigenvalue weighted by Gasteiger charge is -2.07. The molecule has 1 N–H and O–H groups in total. The second-order valence-electron chi connectivity index (χ2n) is 4.08. The van der Waals surface area contributed by atoms with Gasteiger partial charge in [0.1, 0.15) is 0 Å². The van der Waals surface area contributed by atoms with Crippen LogP contribution < -0.4 is 10.1 Å². The second kappa shape index (κ2) is 4.56. The maximum Gasteiger partial charge on any atom is 0.246 e. The maximum absolute atomic E-state index is 5.25. The predicted molar refractivity (Wildman–Crippen MR) is 72.6 cm³/mol. The molecule has 6 nitrogen and oxygen atoms in total. The summed E-state index contributed by atoms with van der Waals surface area (Å²) >= 11 is 0. The maximum atomic E-state index is 5.25. The Bertz CT molecular complexity index is 708. The number of para-hydroxylation sites is 1. The number of hydrogen-bond acceptors (Lipinski definition) is 5. The van der Waals surface area contributed by atoms with E-state index in [1.54, 1.807) is 13.4 Å². The molecule has 19 heavy (non-hydrogen) atoms. The summed E-state index contributed by atoms with van der Waals surface area (Å²) in [5.41, 5.74) is 2.31. The molecule has 0 aliphatic carbocycles. The smallest absolute Gasteiger partial charge is 0.246 e. The molecule has 6 heteroatoms. The summed E-state index contributed by atoms with van der Waals surface area (Å²) in [7, 11) is 3.46. The van der Waals surface area contributed by atoms with Crippen LogP contribution in [-0.4, -0.2) is 26.6 Å². The van der Waals surface area contributed by atoms with E-state index in [2.05, 4.69) is 20.3 Å². The van der Waals surface area contributed by atoms with Crippen LogP contribution in [-0.2, 0) is 7.05 Å². The first-order valence-corrected chi connectivity index (χ1v) is 5.83. The standard InChI is InChI=1S/C13H13N5O/c1-18-8-14-10-11(18)16-13(17-12(10)19-2)15-9-6-4-3-5-7-9/h3-8H,1-2H3,(H,15,16,17). The summed E-state index contributed by atoms with van der Waals surface area (Å²) in [6, 6.07) is 9.74. The Kier molecular flexibility index (Phi) is 2.75. The van der Waals surface area contributed by atoms with Crippen molar-refractivity contribution in [3.05, 3.63) is 36.7 Å². The van der Waals surface area contributed by atoms with E-state index in [0.29, 0.717) is 17.3 Å². The third-order valence-corrected chi connectivity index (χ3v) is 2.75. The lowest BCUT2D eigenvalue weighted by atomic mass is 10.3. The summed E-state index contributed by atoms with van der Waals surface area (Å²) in [4.78, 5) is 13.0. The van der Waals surface area contributed by atoms with Gasteiger partial charge in [0.2, 0.25) is 11.8 Å². The number of aromatic nitrogens is 4. The van der Waals surface area contributed by atoms with Gasteiger partial charge in [0, 0.05) is 12.7 Å². The van der Waals surface area contributed by atoms with E-state index < -0.39 is 0 Å². The molecule has 0 spiro atoms. The molecule has 0 radical (unpaired) electrons. The Hall–Kier alpha value is -2.63. The van der Waals surface area contributed by atoms with E-state index in [-0.39, 0.29) is 0 Å². The molecule has 0 unspecified atom stereocenters. The average Bonchev–Trinajstić information content (AvgIpc) is 2.81. The molecular formula is C13H13N5O. The minimum absolute atomic E-state index is 0.462. The largest absolute Gasteiger partial charge is 0.479 e. The van der Waals surface area contributed by atoms with Gasteiger partial charge in [-0.15, -0.1) is 0 Å². The second-order valence-corrected chi connectivity index (χ2v) is 4.08. The third-order valence-electron chi connectivity index (χ3n) is 2.75. The van der Waals surface area contributed by atoms with Crippen molar-refractivity contribution in [3.63, 3.8) is 0 Å². The number of aryl methyl sites for hydroxylation is 1. The van der Waals surface area contributed by atoms with E-state index in [1.807, 2.05) is 41.9 Å². The minimum Gasteiger partial charge on any atom is -0.479 e. The van der Waals surface area contributed by atoms with Gasteiger partial charge in [0.05, 0.1) is 13.4 Å². The minimum atomic E-state index is 0.462. The van der Waals surface area contributed by atoms with Crippen molar-refractivity contribution in [2.24, 2.45) is 7.05 Å². The van der Waals surface area contributed by atoms with Crippen molar-refractivity contribution >= 4 is 22.8 Å². The van der Waals surface area contributed by atoms with Crippen LogP contribution in [0.2, 0.25) is 0 Å². The van der Waals surface area contributed by atoms with Gasteiger partial charge < -0.3 is 14.6 Å². The van der Waals surface area contributed by atoms with Gasteiger partial charge in [0.15, 0.2) is 11.2 Å². The first-order chi connectivity index (χ1) is 9.28. The van der Waals surface area contributed by atoms with Crippen LogP contribution in [0.25, 0.3) is 11.2 Å². The van der Waals surface area contributed by atoms with Gasteiger partial charge in [-0.25, -0.2) is 4.98 Å². The Morgan fingerprint density at radius 1 is 1.16 bits per heavy atom. The van der Waals surface area contributed by atoms with Crippen molar-refractivity contribution in [3.8, 4) is 5.88 Å². The Labute approximate surface area is 110 Å². The summed E-state index contributed by atoms with van der Waals surface area (Å²) < 4.78 is 7.08. The normalized spacial score (nSPS) is 10.6. The number of ether oxygens (including phenoxy) is 1. The van der Waals surface area contributed by atoms with Crippen LogP contribution in [0.4, 0.5) is 11.6 Å². The first kappa shape index (κ1) is 11.5. The van der Waals surface area contributed by atoms with Crippen LogP contribution >= 0.6 is 0 Å². The monoisotopic (exact) mass is 255 g/mol. The van der Waals surface area contributed by atoms with Crippen molar-refractivity contribution in [2.75, 3.05) is 12.4 Å². The molecule has 0 fully saturated rings. The van der Waals surface area contributed by atoms with Crippen molar-refractivity contribution in [2.45, 2.75) is 0 Å². The van der Waals surface area contributed by atoms with E-state index in [9.17, 15) is 0 Å². The molecule has 0 aliphatic rings. The zero-order chi connectivity index (χ0) is 13.2. The van der Waals surface area contributed by atoms with Gasteiger partial charge in [0.25, 0.3) is 0 Å². The highest BCUT2D eigenvalue weighted by atomic mass is 16.5. The molecule has 0 amide bonds. The van der Waals surface area contributed by atoms with Gasteiger partial charge in [-0.2, -0.15) is 9.97 Å². The Morgan fingerprint density at radius 2 is 1.95 bits per heavy atom. The summed E-state index contributed by atoms with van der Waals surface area (Å²) in [5, 5.41) is 3.14. The van der Waals surface area contributed by atoms with E-state index in [1.165, 1.54) is 0 Å². The Morgan fingerprint density at radius 3 is 2.68 bits per heavy atom. The number of imidazole rings is 1. The summed E-state index contributed by atoms with van der Waals surface area (Å²) in [6.45, 7) is 0. The fraction of sp³-hybridized carbons (Fsp3) is 0.154. The van der Waals surface area contributed by atoms with Crippen LogP contribution in [0.15, 0.2) is 36.7 Å². The lowest BCUT2D eigenvalue weighted by molar-refractivity contribution is 0.402. The van der Waals surface area contributed by atoms with E-state index >= 15 is 0 Å². The predicted octanol–water partition coefficient (Wildman–Crippen LogP) is 2.12. The summed E-state index contributed by atoms with van der Waals surface area (Å²) in [5.74, 6) is 0.947. The van der Waals surface area contributed by atoms with Crippen molar-refractivity contribution in [1.82, 2.24) is 19.5 Å². The zero-order valence-electron chi connectivity index (χ0n) is 10.7. The molecule has 3 aromatic rings. The molecular weight excluding hydrogens is 242 g/mol. The molecule has 2 heterocycles. The Balaban J connectivity index is 2.06. The molecule has 0 atom stereocenters. The molecule has 0 aliphatic heterocycles. The number of methoxy groups -OCH3 is 1. The highest BCUT2D eigenvalue weighted by Gasteiger charge is 2.12. The highest BCUT2D eigenvalue weighted by molar-refractivity contribution is 5.78.